The summed E-state index contributed by atoms with van der Waals surface area (Å²) in [5.74, 6) is -0.817. The molecule has 0 aromatic rings. The van der Waals surface area contributed by atoms with E-state index in [0.29, 0.717) is 19.3 Å². The van der Waals surface area contributed by atoms with Gasteiger partial charge in [0.1, 0.15) is 5.41 Å². The summed E-state index contributed by atoms with van der Waals surface area (Å²) in [6, 6.07) is -0.778. The molecule has 0 bridgehead atoms. The Morgan fingerprint density at radius 1 is 1.18 bits per heavy atom. The number of imide groups is 2. The third-order valence-corrected chi connectivity index (χ3v) is 3.74. The molecule has 1 unspecified atom stereocenters. The van der Waals surface area contributed by atoms with Gasteiger partial charge in [0.15, 0.2) is 0 Å². The standard InChI is InChI=1S/C12H20N2O3/c1-5-8(4)14-10(16)12(6-2,7-3)9(15)13-11(14)17/h8H,5-7H2,1-4H3,(H,13,15,17). The summed E-state index contributed by atoms with van der Waals surface area (Å²) in [4.78, 5) is 37.1. The van der Waals surface area contributed by atoms with Crippen LogP contribution in [-0.2, 0) is 9.59 Å². The highest BCUT2D eigenvalue weighted by atomic mass is 16.2. The molecule has 1 N–H and O–H groups in total. The average molecular weight is 240 g/mol. The van der Waals surface area contributed by atoms with E-state index >= 15 is 0 Å². The van der Waals surface area contributed by atoms with Crippen LogP contribution in [0, 0.1) is 5.41 Å². The molecule has 1 fully saturated rings. The molecule has 4 amide bonds. The second-order valence-corrected chi connectivity index (χ2v) is 4.48. The third kappa shape index (κ3) is 1.94. The predicted molar refractivity (Wildman–Crippen MR) is 63.2 cm³/mol. The summed E-state index contributed by atoms with van der Waals surface area (Å²) in [6.45, 7) is 7.31. The maximum Gasteiger partial charge on any atom is 0.331 e. The van der Waals surface area contributed by atoms with Gasteiger partial charge in [-0.25, -0.2) is 4.79 Å². The minimum Gasteiger partial charge on any atom is -0.277 e. The Bertz CT molecular complexity index is 348. The van der Waals surface area contributed by atoms with Gasteiger partial charge in [-0.3, -0.25) is 19.8 Å². The molecule has 0 aromatic heterocycles. The van der Waals surface area contributed by atoms with Gasteiger partial charge >= 0.3 is 6.03 Å². The molecule has 0 radical (unpaired) electrons. The van der Waals surface area contributed by atoms with Crippen LogP contribution < -0.4 is 5.32 Å². The molecule has 0 aliphatic carbocycles. The zero-order valence-electron chi connectivity index (χ0n) is 10.9. The molecule has 17 heavy (non-hydrogen) atoms. The van der Waals surface area contributed by atoms with Crippen LogP contribution in [0.1, 0.15) is 47.0 Å². The molecule has 0 spiro atoms. The molecule has 1 heterocycles. The van der Waals surface area contributed by atoms with Gasteiger partial charge in [0.05, 0.1) is 0 Å². The van der Waals surface area contributed by atoms with Gasteiger partial charge in [0, 0.05) is 6.04 Å². The van der Waals surface area contributed by atoms with Gasteiger partial charge in [-0.15, -0.1) is 0 Å². The van der Waals surface area contributed by atoms with Crippen LogP contribution in [-0.4, -0.2) is 28.8 Å². The van der Waals surface area contributed by atoms with E-state index in [4.69, 9.17) is 0 Å². The lowest BCUT2D eigenvalue weighted by molar-refractivity contribution is -0.153. The van der Waals surface area contributed by atoms with Gasteiger partial charge in [0.25, 0.3) is 0 Å². The molecule has 5 nitrogen and oxygen atoms in total. The van der Waals surface area contributed by atoms with Gasteiger partial charge < -0.3 is 0 Å². The largest absolute Gasteiger partial charge is 0.331 e. The average Bonchev–Trinajstić information content (AvgIpc) is 2.30. The van der Waals surface area contributed by atoms with Crippen LogP contribution in [0.4, 0.5) is 4.79 Å². The number of urea groups is 1. The number of hydrogen-bond acceptors (Lipinski definition) is 3. The van der Waals surface area contributed by atoms with Crippen LogP contribution in [0.25, 0.3) is 0 Å². The van der Waals surface area contributed by atoms with Gasteiger partial charge in [-0.2, -0.15) is 0 Å². The number of amides is 4. The number of rotatable bonds is 4. The molecule has 96 valence electrons. The van der Waals surface area contributed by atoms with Crippen molar-refractivity contribution in [3.05, 3.63) is 0 Å². The monoisotopic (exact) mass is 240 g/mol. The summed E-state index contributed by atoms with van der Waals surface area (Å²) < 4.78 is 0. The first-order valence-corrected chi connectivity index (χ1v) is 6.13. The van der Waals surface area contributed by atoms with Crippen molar-refractivity contribution in [3.63, 3.8) is 0 Å². The summed E-state index contributed by atoms with van der Waals surface area (Å²) >= 11 is 0. The lowest BCUT2D eigenvalue weighted by Gasteiger charge is -2.40. The highest BCUT2D eigenvalue weighted by molar-refractivity contribution is 6.19. The Morgan fingerprint density at radius 3 is 2.12 bits per heavy atom. The van der Waals surface area contributed by atoms with E-state index < -0.39 is 17.4 Å². The van der Waals surface area contributed by atoms with E-state index in [-0.39, 0.29) is 11.9 Å². The van der Waals surface area contributed by atoms with Crippen molar-refractivity contribution in [1.82, 2.24) is 10.2 Å². The van der Waals surface area contributed by atoms with Crippen molar-refractivity contribution in [2.24, 2.45) is 5.41 Å². The highest BCUT2D eigenvalue weighted by Crippen LogP contribution is 2.33. The molecule has 5 heteroatoms. The van der Waals surface area contributed by atoms with E-state index in [2.05, 4.69) is 5.32 Å². The van der Waals surface area contributed by atoms with Crippen molar-refractivity contribution in [3.8, 4) is 0 Å². The van der Waals surface area contributed by atoms with Gasteiger partial charge in [-0.05, 0) is 26.2 Å². The fourth-order valence-electron chi connectivity index (χ4n) is 2.15. The molecule has 0 aromatic carbocycles. The van der Waals surface area contributed by atoms with Gasteiger partial charge in [0.2, 0.25) is 11.8 Å². The number of hydrogen-bond donors (Lipinski definition) is 1. The fraction of sp³-hybridized carbons (Fsp3) is 0.750. The maximum atomic E-state index is 12.4. The Kier molecular flexibility index (Phi) is 3.91. The molecule has 1 aliphatic heterocycles. The third-order valence-electron chi connectivity index (χ3n) is 3.74. The second-order valence-electron chi connectivity index (χ2n) is 4.48. The smallest absolute Gasteiger partial charge is 0.277 e. The van der Waals surface area contributed by atoms with E-state index in [9.17, 15) is 14.4 Å². The van der Waals surface area contributed by atoms with E-state index in [1.54, 1.807) is 13.8 Å². The van der Waals surface area contributed by atoms with Crippen molar-refractivity contribution in [2.45, 2.75) is 53.0 Å². The lowest BCUT2D eigenvalue weighted by atomic mass is 9.78. The first-order valence-electron chi connectivity index (χ1n) is 6.13. The normalized spacial score (nSPS) is 21.4. The molecule has 1 rings (SSSR count). The number of carbonyl (C=O) groups is 3. The van der Waals surface area contributed by atoms with Crippen molar-refractivity contribution >= 4 is 17.8 Å². The number of nitrogens with zero attached hydrogens (tertiary/aromatic N) is 1. The summed E-state index contributed by atoms with van der Waals surface area (Å²) in [6.07, 6.45) is 1.50. The van der Waals surface area contributed by atoms with Crippen molar-refractivity contribution in [1.29, 1.82) is 0 Å². The summed E-state index contributed by atoms with van der Waals surface area (Å²) in [5.41, 5.74) is -1.07. The lowest BCUT2D eigenvalue weighted by Crippen LogP contribution is -2.65. The zero-order chi connectivity index (χ0) is 13.2. The first kappa shape index (κ1) is 13.7. The van der Waals surface area contributed by atoms with Crippen LogP contribution >= 0.6 is 0 Å². The Balaban J connectivity index is 3.16. The van der Waals surface area contributed by atoms with Crippen LogP contribution in [0.15, 0.2) is 0 Å². The molecule has 1 saturated heterocycles. The summed E-state index contributed by atoms with van der Waals surface area (Å²) in [5, 5.41) is 2.30. The van der Waals surface area contributed by atoms with E-state index in [1.165, 1.54) is 4.90 Å². The van der Waals surface area contributed by atoms with Crippen LogP contribution in [0.3, 0.4) is 0 Å². The minimum absolute atomic E-state index is 0.187. The van der Waals surface area contributed by atoms with Crippen LogP contribution in [0.2, 0.25) is 0 Å². The van der Waals surface area contributed by atoms with Gasteiger partial charge in [-0.1, -0.05) is 20.8 Å². The quantitative estimate of drug-likeness (QED) is 0.760. The minimum atomic E-state index is -1.07. The fourth-order valence-corrected chi connectivity index (χ4v) is 2.15. The summed E-state index contributed by atoms with van der Waals surface area (Å²) in [7, 11) is 0. The van der Waals surface area contributed by atoms with E-state index in [0.717, 1.165) is 0 Å². The van der Waals surface area contributed by atoms with Crippen molar-refractivity contribution in [2.75, 3.05) is 0 Å². The predicted octanol–water partition coefficient (Wildman–Crippen LogP) is 1.67. The zero-order valence-corrected chi connectivity index (χ0v) is 10.9. The molecular formula is C12H20N2O3. The van der Waals surface area contributed by atoms with Crippen molar-refractivity contribution < 1.29 is 14.4 Å². The number of barbiturate groups is 1. The Morgan fingerprint density at radius 2 is 1.71 bits per heavy atom. The Labute approximate surface area is 102 Å². The first-order chi connectivity index (χ1) is 7.94. The molecule has 1 atom stereocenters. The topological polar surface area (TPSA) is 66.5 Å². The highest BCUT2D eigenvalue weighted by Gasteiger charge is 2.52. The molecule has 0 saturated carbocycles. The Hall–Kier alpha value is -1.39. The van der Waals surface area contributed by atoms with Crippen LogP contribution in [0.5, 0.6) is 0 Å². The number of carbonyl (C=O) groups excluding carboxylic acids is 3. The molecule has 1 aliphatic rings. The second kappa shape index (κ2) is 4.85. The van der Waals surface area contributed by atoms with E-state index in [1.807, 2.05) is 13.8 Å². The SMILES string of the molecule is CCC(C)N1C(=O)NC(=O)C(CC)(CC)C1=O. The maximum absolute atomic E-state index is 12.4. The molecular weight excluding hydrogens is 220 g/mol. The number of nitrogens with one attached hydrogen (secondary N) is 1.